The quantitative estimate of drug-likeness (QED) is 0.608. The molecule has 0 N–H and O–H groups in total. The molecule has 3 heterocycles. The van der Waals surface area contributed by atoms with Crippen molar-refractivity contribution in [2.75, 3.05) is 46.3 Å². The fraction of sp³-hybridized carbons (Fsp3) is 0.593. The largest absolute Gasteiger partial charge is 0.490 e. The van der Waals surface area contributed by atoms with E-state index >= 15 is 0 Å². The Hall–Kier alpha value is -2.87. The molecule has 4 rings (SSSR count). The van der Waals surface area contributed by atoms with Crippen molar-refractivity contribution in [3.05, 3.63) is 47.8 Å². The molecule has 2 saturated heterocycles. The number of carbonyl (C=O) groups is 2. The van der Waals surface area contributed by atoms with Gasteiger partial charge in [0.05, 0.1) is 5.69 Å². The molecule has 35 heavy (non-hydrogen) atoms. The van der Waals surface area contributed by atoms with Gasteiger partial charge in [-0.2, -0.15) is 5.10 Å². The summed E-state index contributed by atoms with van der Waals surface area (Å²) < 4.78 is 8.04. The van der Waals surface area contributed by atoms with Crippen molar-refractivity contribution < 1.29 is 14.3 Å². The van der Waals surface area contributed by atoms with Crippen LogP contribution in [0.4, 0.5) is 0 Å². The van der Waals surface area contributed by atoms with Crippen molar-refractivity contribution in [1.82, 2.24) is 24.5 Å². The number of piperidine rings is 1. The van der Waals surface area contributed by atoms with Crippen LogP contribution in [-0.4, -0.2) is 88.7 Å². The second-order valence-electron chi connectivity index (χ2n) is 10.4. The maximum atomic E-state index is 13.5. The molecule has 2 aliphatic heterocycles. The van der Waals surface area contributed by atoms with Gasteiger partial charge in [0.2, 0.25) is 5.91 Å². The molecule has 2 aliphatic rings. The zero-order valence-corrected chi connectivity index (χ0v) is 21.5. The van der Waals surface area contributed by atoms with Crippen LogP contribution >= 0.6 is 0 Å². The van der Waals surface area contributed by atoms with E-state index in [9.17, 15) is 9.59 Å². The van der Waals surface area contributed by atoms with E-state index < -0.39 is 0 Å². The first kappa shape index (κ1) is 25.2. The number of aryl methyl sites for hydroxylation is 1. The van der Waals surface area contributed by atoms with Gasteiger partial charge in [-0.15, -0.1) is 0 Å². The lowest BCUT2D eigenvalue weighted by Gasteiger charge is -2.39. The molecule has 2 aromatic rings. The summed E-state index contributed by atoms with van der Waals surface area (Å²) in [6, 6.07) is 11.7. The van der Waals surface area contributed by atoms with Gasteiger partial charge in [0.25, 0.3) is 5.91 Å². The molecule has 2 atom stereocenters. The predicted octanol–water partition coefficient (Wildman–Crippen LogP) is 2.69. The molecule has 1 aromatic heterocycles. The van der Waals surface area contributed by atoms with Gasteiger partial charge in [0.1, 0.15) is 17.5 Å². The molecule has 2 fully saturated rings. The normalized spacial score (nSPS) is 21.4. The molecule has 8 heteroatoms. The van der Waals surface area contributed by atoms with E-state index in [0.717, 1.165) is 44.0 Å². The third-order valence-corrected chi connectivity index (χ3v) is 7.04. The maximum absolute atomic E-state index is 13.5. The van der Waals surface area contributed by atoms with Gasteiger partial charge in [-0.1, -0.05) is 32.0 Å². The average molecular weight is 482 g/mol. The van der Waals surface area contributed by atoms with Crippen LogP contribution in [0.5, 0.6) is 5.75 Å². The van der Waals surface area contributed by atoms with Crippen molar-refractivity contribution in [2.45, 2.75) is 39.2 Å². The number of likely N-dealkylation sites (N-methyl/N-ethyl adjacent to an activating group) is 1. The average Bonchev–Trinajstić information content (AvgIpc) is 3.19. The number of aromatic nitrogens is 2. The standard InChI is InChI=1S/C27H39N5O3/c1-20(2)16-22-18-24(30(4)28-22)27(34)32-11-10-25(35-23-8-6-5-7-9-23)21(19-32)17-26(33)31-14-12-29(3)13-15-31/h5-9,18,20-21,25H,10-17,19H2,1-4H3/t21-,25-/m0/s1. The van der Waals surface area contributed by atoms with Crippen LogP contribution in [0.2, 0.25) is 0 Å². The van der Waals surface area contributed by atoms with Crippen LogP contribution in [0.1, 0.15) is 42.9 Å². The molecule has 0 radical (unpaired) electrons. The van der Waals surface area contributed by atoms with Crippen molar-refractivity contribution in [1.29, 1.82) is 0 Å². The van der Waals surface area contributed by atoms with Gasteiger partial charge in [-0.05, 0) is 37.6 Å². The zero-order valence-electron chi connectivity index (χ0n) is 21.5. The highest BCUT2D eigenvalue weighted by atomic mass is 16.5. The summed E-state index contributed by atoms with van der Waals surface area (Å²) in [6.45, 7) is 8.69. The van der Waals surface area contributed by atoms with E-state index in [-0.39, 0.29) is 23.8 Å². The summed E-state index contributed by atoms with van der Waals surface area (Å²) in [5.41, 5.74) is 1.54. The highest BCUT2D eigenvalue weighted by Crippen LogP contribution is 2.27. The van der Waals surface area contributed by atoms with Gasteiger partial charge < -0.3 is 19.4 Å². The molecular formula is C27H39N5O3. The van der Waals surface area contributed by atoms with Crippen LogP contribution in [-0.2, 0) is 18.3 Å². The number of likely N-dealkylation sites (tertiary alicyclic amines) is 1. The number of carbonyl (C=O) groups excluding carboxylic acids is 2. The van der Waals surface area contributed by atoms with E-state index in [2.05, 4.69) is 30.9 Å². The Morgan fingerprint density at radius 2 is 1.74 bits per heavy atom. The molecule has 0 aliphatic carbocycles. The number of ether oxygens (including phenoxy) is 1. The van der Waals surface area contributed by atoms with E-state index in [4.69, 9.17) is 4.74 Å². The number of nitrogens with zero attached hydrogens (tertiary/aromatic N) is 5. The number of para-hydroxylation sites is 1. The molecule has 0 spiro atoms. The summed E-state index contributed by atoms with van der Waals surface area (Å²) in [4.78, 5) is 32.8. The molecule has 0 unspecified atom stereocenters. The Morgan fingerprint density at radius 3 is 2.43 bits per heavy atom. The number of hydrogen-bond donors (Lipinski definition) is 0. The number of amides is 2. The second-order valence-corrected chi connectivity index (χ2v) is 10.4. The molecule has 2 amide bonds. The Morgan fingerprint density at radius 1 is 1.03 bits per heavy atom. The fourth-order valence-corrected chi connectivity index (χ4v) is 5.04. The van der Waals surface area contributed by atoms with Crippen molar-refractivity contribution in [2.24, 2.45) is 18.9 Å². The number of rotatable bonds is 7. The molecule has 0 bridgehead atoms. The SMILES string of the molecule is CC(C)Cc1cc(C(=O)N2CC[C@H](Oc3ccccc3)[C@@H](CC(=O)N3CCN(C)CC3)C2)n(C)n1. The van der Waals surface area contributed by atoms with Crippen LogP contribution in [0.3, 0.4) is 0 Å². The molecular weight excluding hydrogens is 442 g/mol. The van der Waals surface area contributed by atoms with Gasteiger partial charge >= 0.3 is 0 Å². The van der Waals surface area contributed by atoms with E-state index in [1.165, 1.54) is 0 Å². The molecule has 8 nitrogen and oxygen atoms in total. The highest BCUT2D eigenvalue weighted by Gasteiger charge is 2.36. The van der Waals surface area contributed by atoms with E-state index in [0.29, 0.717) is 37.5 Å². The Bertz CT molecular complexity index is 998. The molecule has 0 saturated carbocycles. The lowest BCUT2D eigenvalue weighted by Crippen LogP contribution is -2.51. The summed E-state index contributed by atoms with van der Waals surface area (Å²) in [5.74, 6) is 1.34. The first-order valence-electron chi connectivity index (χ1n) is 12.8. The third kappa shape index (κ3) is 6.42. The van der Waals surface area contributed by atoms with Gasteiger partial charge in [-0.25, -0.2) is 0 Å². The van der Waals surface area contributed by atoms with Crippen LogP contribution in [0, 0.1) is 11.8 Å². The predicted molar refractivity (Wildman–Crippen MR) is 135 cm³/mol. The number of hydrogen-bond acceptors (Lipinski definition) is 5. The Balaban J connectivity index is 1.48. The lowest BCUT2D eigenvalue weighted by molar-refractivity contribution is -0.135. The van der Waals surface area contributed by atoms with Crippen molar-refractivity contribution in [3.8, 4) is 5.75 Å². The van der Waals surface area contributed by atoms with Crippen molar-refractivity contribution >= 4 is 11.8 Å². The van der Waals surface area contributed by atoms with Gasteiger partial charge in [0, 0.05) is 65.1 Å². The lowest BCUT2D eigenvalue weighted by atomic mass is 9.90. The smallest absolute Gasteiger partial charge is 0.272 e. The molecule has 1 aromatic carbocycles. The summed E-state index contributed by atoms with van der Waals surface area (Å²) in [5, 5.41) is 4.55. The summed E-state index contributed by atoms with van der Waals surface area (Å²) in [7, 11) is 3.91. The van der Waals surface area contributed by atoms with E-state index in [1.807, 2.05) is 53.2 Å². The number of benzene rings is 1. The topological polar surface area (TPSA) is 70.9 Å². The van der Waals surface area contributed by atoms with E-state index in [1.54, 1.807) is 4.68 Å². The van der Waals surface area contributed by atoms with Crippen LogP contribution < -0.4 is 4.74 Å². The monoisotopic (exact) mass is 481 g/mol. The minimum Gasteiger partial charge on any atom is -0.490 e. The summed E-state index contributed by atoms with van der Waals surface area (Å²) >= 11 is 0. The summed E-state index contributed by atoms with van der Waals surface area (Å²) in [6.07, 6.45) is 1.81. The highest BCUT2D eigenvalue weighted by molar-refractivity contribution is 5.92. The van der Waals surface area contributed by atoms with Crippen molar-refractivity contribution in [3.63, 3.8) is 0 Å². The third-order valence-electron chi connectivity index (χ3n) is 7.04. The second kappa shape index (κ2) is 11.2. The first-order valence-corrected chi connectivity index (χ1v) is 12.8. The van der Waals surface area contributed by atoms with Gasteiger partial charge in [-0.3, -0.25) is 14.3 Å². The fourth-order valence-electron chi connectivity index (χ4n) is 5.04. The zero-order chi connectivity index (χ0) is 24.9. The minimum atomic E-state index is -0.110. The molecule has 190 valence electrons. The van der Waals surface area contributed by atoms with Gasteiger partial charge in [0.15, 0.2) is 0 Å². The minimum absolute atomic E-state index is 0.0230. The number of piperazine rings is 1. The van der Waals surface area contributed by atoms with Crippen LogP contribution in [0.25, 0.3) is 0 Å². The maximum Gasteiger partial charge on any atom is 0.272 e. The Labute approximate surface area is 208 Å². The first-order chi connectivity index (χ1) is 16.8. The van der Waals surface area contributed by atoms with Crippen LogP contribution in [0.15, 0.2) is 36.4 Å². The Kier molecular flexibility index (Phi) is 8.11.